The van der Waals surface area contributed by atoms with Crippen molar-refractivity contribution in [1.29, 1.82) is 0 Å². The summed E-state index contributed by atoms with van der Waals surface area (Å²) < 4.78 is 0. The van der Waals surface area contributed by atoms with Crippen LogP contribution in [-0.2, 0) is 4.79 Å². The van der Waals surface area contributed by atoms with E-state index in [0.717, 1.165) is 25.6 Å². The zero-order valence-corrected chi connectivity index (χ0v) is 8.25. The molecule has 3 nitrogen and oxygen atoms in total. The number of hydrogen-bond donors (Lipinski definition) is 1. The van der Waals surface area contributed by atoms with Crippen LogP contribution >= 0.6 is 0 Å². The lowest BCUT2D eigenvalue weighted by atomic mass is 10.1. The molecule has 0 aromatic heterocycles. The number of carbonyl (C=O) groups excluding carboxylic acids is 1. The first-order chi connectivity index (χ1) is 6.25. The van der Waals surface area contributed by atoms with E-state index in [0.29, 0.717) is 6.04 Å². The van der Waals surface area contributed by atoms with Gasteiger partial charge < -0.3 is 10.2 Å². The van der Waals surface area contributed by atoms with Crippen molar-refractivity contribution in [2.75, 3.05) is 13.1 Å². The van der Waals surface area contributed by atoms with Gasteiger partial charge in [0, 0.05) is 32.1 Å². The second-order valence-corrected chi connectivity index (χ2v) is 4.25. The Hall–Kier alpha value is -0.570. The predicted octanol–water partition coefficient (Wildman–Crippen LogP) is 0.749. The largest absolute Gasteiger partial charge is 0.341 e. The number of piperidine rings is 1. The van der Waals surface area contributed by atoms with Crippen LogP contribution in [0, 0.1) is 0 Å². The first kappa shape index (κ1) is 9.00. The maximum Gasteiger partial charge on any atom is 0.219 e. The Labute approximate surface area is 79.5 Å². The topological polar surface area (TPSA) is 32.3 Å². The molecule has 1 aliphatic heterocycles. The number of hydrogen-bond acceptors (Lipinski definition) is 2. The number of amides is 1. The van der Waals surface area contributed by atoms with Crippen LogP contribution < -0.4 is 5.32 Å². The lowest BCUT2D eigenvalue weighted by Crippen LogP contribution is -2.47. The van der Waals surface area contributed by atoms with Crippen LogP contribution in [0.25, 0.3) is 0 Å². The van der Waals surface area contributed by atoms with E-state index in [2.05, 4.69) is 5.32 Å². The molecule has 0 bridgehead atoms. The highest BCUT2D eigenvalue weighted by Crippen LogP contribution is 2.21. The first-order valence-corrected chi connectivity index (χ1v) is 5.27. The summed E-state index contributed by atoms with van der Waals surface area (Å²) in [7, 11) is 0. The second kappa shape index (κ2) is 3.66. The Morgan fingerprint density at radius 2 is 2.08 bits per heavy atom. The predicted molar refractivity (Wildman–Crippen MR) is 51.4 cm³/mol. The van der Waals surface area contributed by atoms with Gasteiger partial charge in [-0.15, -0.1) is 0 Å². The third kappa shape index (κ3) is 2.44. The fourth-order valence-corrected chi connectivity index (χ4v) is 1.98. The van der Waals surface area contributed by atoms with Crippen LogP contribution in [0.15, 0.2) is 0 Å². The smallest absolute Gasteiger partial charge is 0.219 e. The molecule has 1 aliphatic carbocycles. The van der Waals surface area contributed by atoms with E-state index in [-0.39, 0.29) is 5.91 Å². The molecule has 0 unspecified atom stereocenters. The minimum atomic E-state index is 0.224. The molecule has 0 radical (unpaired) electrons. The van der Waals surface area contributed by atoms with Crippen molar-refractivity contribution >= 4 is 5.91 Å². The Bertz CT molecular complexity index is 201. The molecule has 2 fully saturated rings. The normalized spacial score (nSPS) is 29.0. The molecular formula is C10H18N2O. The molecule has 2 rings (SSSR count). The lowest BCUT2D eigenvalue weighted by molar-refractivity contribution is -0.130. The fourth-order valence-electron chi connectivity index (χ4n) is 1.98. The molecule has 1 saturated heterocycles. The molecule has 3 heteroatoms. The third-order valence-electron chi connectivity index (χ3n) is 2.92. The highest BCUT2D eigenvalue weighted by Gasteiger charge is 2.28. The van der Waals surface area contributed by atoms with Gasteiger partial charge in [0.25, 0.3) is 0 Å². The van der Waals surface area contributed by atoms with Crippen molar-refractivity contribution < 1.29 is 4.79 Å². The van der Waals surface area contributed by atoms with Crippen LogP contribution in [-0.4, -0.2) is 36.0 Å². The summed E-state index contributed by atoms with van der Waals surface area (Å²) in [5.41, 5.74) is 0. The molecule has 74 valence electrons. The molecule has 0 aromatic rings. The van der Waals surface area contributed by atoms with Crippen LogP contribution in [0.1, 0.15) is 32.6 Å². The van der Waals surface area contributed by atoms with Gasteiger partial charge >= 0.3 is 0 Å². The number of likely N-dealkylation sites (tertiary alicyclic amines) is 1. The summed E-state index contributed by atoms with van der Waals surface area (Å²) in [6.07, 6.45) is 5.05. The average molecular weight is 182 g/mol. The summed E-state index contributed by atoms with van der Waals surface area (Å²) >= 11 is 0. The van der Waals surface area contributed by atoms with Crippen molar-refractivity contribution in [2.45, 2.75) is 44.7 Å². The molecule has 1 N–H and O–H groups in total. The molecule has 1 amide bonds. The van der Waals surface area contributed by atoms with Crippen molar-refractivity contribution in [3.63, 3.8) is 0 Å². The fraction of sp³-hybridized carbons (Fsp3) is 0.900. The summed E-state index contributed by atoms with van der Waals surface area (Å²) in [5.74, 6) is 0.224. The Morgan fingerprint density at radius 3 is 2.69 bits per heavy atom. The minimum Gasteiger partial charge on any atom is -0.341 e. The standard InChI is InChI=1S/C10H18N2O/c1-8(13)12-6-2-3-10(7-12)11-9-4-5-9/h9-11H,2-7H2,1H3/t10-/m1/s1. The van der Waals surface area contributed by atoms with E-state index in [1.54, 1.807) is 6.92 Å². The highest BCUT2D eigenvalue weighted by molar-refractivity contribution is 5.73. The molecule has 0 spiro atoms. The minimum absolute atomic E-state index is 0.224. The van der Waals surface area contributed by atoms with E-state index >= 15 is 0 Å². The Kier molecular flexibility index (Phi) is 2.54. The summed E-state index contributed by atoms with van der Waals surface area (Å²) in [6, 6.07) is 1.32. The molecule has 1 atom stereocenters. The van der Waals surface area contributed by atoms with Crippen molar-refractivity contribution in [1.82, 2.24) is 10.2 Å². The molecule has 1 heterocycles. The lowest BCUT2D eigenvalue weighted by Gasteiger charge is -2.32. The van der Waals surface area contributed by atoms with Gasteiger partial charge in [-0.05, 0) is 25.7 Å². The summed E-state index contributed by atoms with van der Waals surface area (Å²) in [4.78, 5) is 13.1. The van der Waals surface area contributed by atoms with Gasteiger partial charge in [0.05, 0.1) is 0 Å². The van der Waals surface area contributed by atoms with E-state index in [1.165, 1.54) is 19.3 Å². The van der Waals surface area contributed by atoms with Crippen LogP contribution in [0.4, 0.5) is 0 Å². The zero-order chi connectivity index (χ0) is 9.26. The molecule has 2 aliphatic rings. The number of rotatable bonds is 2. The maximum atomic E-state index is 11.1. The molecule has 13 heavy (non-hydrogen) atoms. The van der Waals surface area contributed by atoms with Crippen molar-refractivity contribution in [3.05, 3.63) is 0 Å². The summed E-state index contributed by atoms with van der Waals surface area (Å²) in [5, 5.41) is 3.58. The van der Waals surface area contributed by atoms with Gasteiger partial charge in [-0.25, -0.2) is 0 Å². The Morgan fingerprint density at radius 1 is 1.31 bits per heavy atom. The van der Waals surface area contributed by atoms with Gasteiger partial charge in [-0.2, -0.15) is 0 Å². The monoisotopic (exact) mass is 182 g/mol. The molecule has 1 saturated carbocycles. The third-order valence-corrected chi connectivity index (χ3v) is 2.92. The Balaban J connectivity index is 1.80. The van der Waals surface area contributed by atoms with Gasteiger partial charge in [0.1, 0.15) is 0 Å². The zero-order valence-electron chi connectivity index (χ0n) is 8.25. The van der Waals surface area contributed by atoms with Gasteiger partial charge in [0.2, 0.25) is 5.91 Å². The maximum absolute atomic E-state index is 11.1. The molecule has 0 aromatic carbocycles. The van der Waals surface area contributed by atoms with Gasteiger partial charge in [-0.1, -0.05) is 0 Å². The number of nitrogens with zero attached hydrogens (tertiary/aromatic N) is 1. The number of carbonyl (C=O) groups is 1. The van der Waals surface area contributed by atoms with Crippen molar-refractivity contribution in [3.8, 4) is 0 Å². The van der Waals surface area contributed by atoms with Crippen LogP contribution in [0.2, 0.25) is 0 Å². The average Bonchev–Trinajstić information content (AvgIpc) is 2.89. The van der Waals surface area contributed by atoms with Crippen LogP contribution in [0.5, 0.6) is 0 Å². The van der Waals surface area contributed by atoms with E-state index in [1.807, 2.05) is 4.90 Å². The van der Waals surface area contributed by atoms with Crippen molar-refractivity contribution in [2.24, 2.45) is 0 Å². The first-order valence-electron chi connectivity index (χ1n) is 5.27. The van der Waals surface area contributed by atoms with E-state index in [9.17, 15) is 4.79 Å². The highest BCUT2D eigenvalue weighted by atomic mass is 16.2. The van der Waals surface area contributed by atoms with Gasteiger partial charge in [-0.3, -0.25) is 4.79 Å². The second-order valence-electron chi connectivity index (χ2n) is 4.25. The van der Waals surface area contributed by atoms with E-state index < -0.39 is 0 Å². The van der Waals surface area contributed by atoms with Crippen LogP contribution in [0.3, 0.4) is 0 Å². The molecular weight excluding hydrogens is 164 g/mol. The quantitative estimate of drug-likeness (QED) is 0.683. The SMILES string of the molecule is CC(=O)N1CCC[C@@H](NC2CC2)C1. The summed E-state index contributed by atoms with van der Waals surface area (Å²) in [6.45, 7) is 3.55. The van der Waals surface area contributed by atoms with E-state index in [4.69, 9.17) is 0 Å². The van der Waals surface area contributed by atoms with Gasteiger partial charge in [0.15, 0.2) is 0 Å². The number of nitrogens with one attached hydrogen (secondary N) is 1.